The van der Waals surface area contributed by atoms with Crippen molar-refractivity contribution >= 4 is 17.9 Å². The minimum absolute atomic E-state index is 0.228. The summed E-state index contributed by atoms with van der Waals surface area (Å²) in [5.41, 5.74) is 0. The van der Waals surface area contributed by atoms with Crippen molar-refractivity contribution in [3.05, 3.63) is 0 Å². The van der Waals surface area contributed by atoms with Gasteiger partial charge in [0, 0.05) is 0 Å². The first-order valence-electron chi connectivity index (χ1n) is 11.7. The normalized spacial score (nSPS) is 16.4. The molecular formula is C23H44NO6+. The lowest BCUT2D eigenvalue weighted by atomic mass is 10.00. The molecule has 3 N–H and O–H groups in total. The van der Waals surface area contributed by atoms with Gasteiger partial charge in [-0.15, -0.1) is 0 Å². The standard InChI is InChI=1S/C23H43NO6/c1-5-6-7-8-9-10-11-12-13-14-15-16-17-24(18(2)21(25)26,19(3)22(27)28)20(4)23(29)30/h18-20H,5-17H2,1-4H3,(H2-,25,26,27,28,29,30)/p+1. The predicted molar refractivity (Wildman–Crippen MR) is 117 cm³/mol. The molecule has 0 spiro atoms. The second kappa shape index (κ2) is 15.2. The van der Waals surface area contributed by atoms with E-state index < -0.39 is 40.5 Å². The largest absolute Gasteiger partial charge is 0.477 e. The van der Waals surface area contributed by atoms with Gasteiger partial charge in [-0.05, 0) is 33.6 Å². The summed E-state index contributed by atoms with van der Waals surface area (Å²) in [6, 6.07) is -3.35. The lowest BCUT2D eigenvalue weighted by Gasteiger charge is -2.47. The summed E-state index contributed by atoms with van der Waals surface area (Å²) in [5, 5.41) is 28.7. The average molecular weight is 431 g/mol. The van der Waals surface area contributed by atoms with Crippen molar-refractivity contribution in [3.63, 3.8) is 0 Å². The highest BCUT2D eigenvalue weighted by atomic mass is 16.4. The monoisotopic (exact) mass is 430 g/mol. The molecule has 0 aromatic heterocycles. The molecule has 0 saturated heterocycles. The van der Waals surface area contributed by atoms with Crippen molar-refractivity contribution in [1.29, 1.82) is 0 Å². The number of carboxylic acids is 3. The molecule has 7 heteroatoms. The molecule has 0 aliphatic rings. The van der Waals surface area contributed by atoms with Crippen LogP contribution in [0.2, 0.25) is 0 Å². The maximum atomic E-state index is 11.7. The Morgan fingerprint density at radius 2 is 0.833 bits per heavy atom. The minimum atomic E-state index is -1.17. The molecule has 0 aromatic rings. The van der Waals surface area contributed by atoms with Crippen LogP contribution in [-0.2, 0) is 14.4 Å². The van der Waals surface area contributed by atoms with E-state index in [9.17, 15) is 29.7 Å². The van der Waals surface area contributed by atoms with E-state index in [1.54, 1.807) is 0 Å². The first-order chi connectivity index (χ1) is 14.1. The lowest BCUT2D eigenvalue weighted by Crippen LogP contribution is -2.70. The summed E-state index contributed by atoms with van der Waals surface area (Å²) < 4.78 is -0.474. The molecule has 0 bridgehead atoms. The van der Waals surface area contributed by atoms with Crippen LogP contribution >= 0.6 is 0 Å². The zero-order valence-electron chi connectivity index (χ0n) is 19.4. The topological polar surface area (TPSA) is 112 Å². The van der Waals surface area contributed by atoms with Gasteiger partial charge in [-0.2, -0.15) is 0 Å². The number of rotatable bonds is 19. The number of carbonyl (C=O) groups is 3. The van der Waals surface area contributed by atoms with Gasteiger partial charge in [-0.3, -0.25) is 4.48 Å². The van der Waals surface area contributed by atoms with Gasteiger partial charge < -0.3 is 15.3 Å². The van der Waals surface area contributed by atoms with E-state index in [2.05, 4.69) is 6.92 Å². The summed E-state index contributed by atoms with van der Waals surface area (Å²) in [4.78, 5) is 35.2. The Bertz CT molecular complexity index is 472. The highest BCUT2D eigenvalue weighted by molar-refractivity contribution is 5.77. The van der Waals surface area contributed by atoms with E-state index in [4.69, 9.17) is 0 Å². The Labute approximate surface area is 182 Å². The van der Waals surface area contributed by atoms with Crippen molar-refractivity contribution in [3.8, 4) is 0 Å². The van der Waals surface area contributed by atoms with E-state index >= 15 is 0 Å². The van der Waals surface area contributed by atoms with Crippen LogP contribution in [-0.4, -0.2) is 62.4 Å². The Hall–Kier alpha value is -1.63. The number of unbranched alkanes of at least 4 members (excludes halogenated alkanes) is 11. The maximum Gasteiger partial charge on any atom is 0.362 e. The van der Waals surface area contributed by atoms with Crippen molar-refractivity contribution in [1.82, 2.24) is 0 Å². The van der Waals surface area contributed by atoms with Crippen molar-refractivity contribution in [2.75, 3.05) is 6.54 Å². The fraction of sp³-hybridized carbons (Fsp3) is 0.870. The molecule has 30 heavy (non-hydrogen) atoms. The van der Waals surface area contributed by atoms with Crippen LogP contribution in [0, 0.1) is 0 Å². The first kappa shape index (κ1) is 28.4. The molecule has 0 heterocycles. The van der Waals surface area contributed by atoms with E-state index in [-0.39, 0.29) is 6.54 Å². The quantitative estimate of drug-likeness (QED) is 0.198. The van der Waals surface area contributed by atoms with Crippen molar-refractivity contribution < 1.29 is 34.2 Å². The molecule has 3 atom stereocenters. The van der Waals surface area contributed by atoms with Crippen molar-refractivity contribution in [2.45, 2.75) is 123 Å². The number of hydrogen-bond donors (Lipinski definition) is 3. The summed E-state index contributed by atoms with van der Waals surface area (Å²) >= 11 is 0. The highest BCUT2D eigenvalue weighted by Crippen LogP contribution is 2.27. The molecule has 176 valence electrons. The van der Waals surface area contributed by atoms with Gasteiger partial charge in [-0.1, -0.05) is 71.1 Å². The van der Waals surface area contributed by atoms with Gasteiger partial charge in [0.05, 0.1) is 6.54 Å². The van der Waals surface area contributed by atoms with Crippen LogP contribution in [0.25, 0.3) is 0 Å². The molecule has 0 aliphatic heterocycles. The average Bonchev–Trinajstić information content (AvgIpc) is 2.70. The Balaban J connectivity index is 4.65. The maximum absolute atomic E-state index is 11.7. The van der Waals surface area contributed by atoms with Gasteiger partial charge in [0.25, 0.3) is 0 Å². The second-order valence-corrected chi connectivity index (χ2v) is 8.65. The molecule has 3 unspecified atom stereocenters. The van der Waals surface area contributed by atoms with Gasteiger partial charge in [0.15, 0.2) is 18.1 Å². The third-order valence-corrected chi connectivity index (χ3v) is 6.63. The van der Waals surface area contributed by atoms with E-state index in [1.165, 1.54) is 72.1 Å². The number of carboxylic acid groups (broad SMARTS) is 3. The van der Waals surface area contributed by atoms with Crippen LogP contribution in [0.5, 0.6) is 0 Å². The van der Waals surface area contributed by atoms with E-state index in [1.807, 2.05) is 0 Å². The van der Waals surface area contributed by atoms with Gasteiger partial charge in [-0.25, -0.2) is 14.4 Å². The molecule has 0 saturated carbocycles. The van der Waals surface area contributed by atoms with E-state index in [0.717, 1.165) is 19.3 Å². The first-order valence-corrected chi connectivity index (χ1v) is 11.7. The minimum Gasteiger partial charge on any atom is -0.477 e. The molecule has 0 rings (SSSR count). The molecule has 0 amide bonds. The van der Waals surface area contributed by atoms with Gasteiger partial charge in [0.2, 0.25) is 0 Å². The Kier molecular flexibility index (Phi) is 14.4. The Morgan fingerprint density at radius 1 is 0.567 bits per heavy atom. The number of nitrogens with zero attached hydrogens (tertiary/aromatic N) is 1. The van der Waals surface area contributed by atoms with Gasteiger partial charge >= 0.3 is 17.9 Å². The Morgan fingerprint density at radius 3 is 1.10 bits per heavy atom. The van der Waals surface area contributed by atoms with Crippen LogP contribution in [0.4, 0.5) is 0 Å². The van der Waals surface area contributed by atoms with Crippen molar-refractivity contribution in [2.24, 2.45) is 0 Å². The fourth-order valence-electron chi connectivity index (χ4n) is 4.43. The zero-order chi connectivity index (χ0) is 23.2. The molecule has 0 fully saturated rings. The van der Waals surface area contributed by atoms with Crippen LogP contribution in [0.1, 0.15) is 105 Å². The van der Waals surface area contributed by atoms with Gasteiger partial charge in [0.1, 0.15) is 0 Å². The summed E-state index contributed by atoms with van der Waals surface area (Å²) in [7, 11) is 0. The van der Waals surface area contributed by atoms with E-state index in [0.29, 0.717) is 6.42 Å². The lowest BCUT2D eigenvalue weighted by molar-refractivity contribution is -0.968. The third-order valence-electron chi connectivity index (χ3n) is 6.63. The smallest absolute Gasteiger partial charge is 0.362 e. The molecular weight excluding hydrogens is 386 g/mol. The molecule has 0 aromatic carbocycles. The number of hydrogen-bond acceptors (Lipinski definition) is 3. The molecule has 0 radical (unpaired) electrons. The second-order valence-electron chi connectivity index (χ2n) is 8.65. The fourth-order valence-corrected chi connectivity index (χ4v) is 4.43. The van der Waals surface area contributed by atoms with Crippen LogP contribution in [0.3, 0.4) is 0 Å². The summed E-state index contributed by atoms with van der Waals surface area (Å²) in [6.07, 6.45) is 13.8. The SMILES string of the molecule is CCCCCCCCCCCCCC[N+](C(C)C(=O)O)(C(C)C(=O)O)C(C)C(=O)O. The summed E-state index contributed by atoms with van der Waals surface area (Å²) in [5.74, 6) is -3.51. The number of quaternary nitrogens is 1. The predicted octanol–water partition coefficient (Wildman–Crippen LogP) is 4.92. The third kappa shape index (κ3) is 9.02. The summed E-state index contributed by atoms with van der Waals surface area (Å²) in [6.45, 7) is 6.70. The van der Waals surface area contributed by atoms with Crippen LogP contribution in [0.15, 0.2) is 0 Å². The molecule has 7 nitrogen and oxygen atoms in total. The zero-order valence-corrected chi connectivity index (χ0v) is 19.4. The van der Waals surface area contributed by atoms with Crippen LogP contribution < -0.4 is 0 Å². The molecule has 0 aliphatic carbocycles. The number of aliphatic carboxylic acids is 3. The highest BCUT2D eigenvalue weighted by Gasteiger charge is 2.52.